The van der Waals surface area contributed by atoms with E-state index in [1.54, 1.807) is 24.3 Å². The summed E-state index contributed by atoms with van der Waals surface area (Å²) in [4.78, 5) is 57.8. The van der Waals surface area contributed by atoms with E-state index in [2.05, 4.69) is 36.5 Å². The molecule has 0 aliphatic rings. The molecule has 0 unspecified atom stereocenters. The summed E-state index contributed by atoms with van der Waals surface area (Å²) in [5, 5.41) is 33.2. The van der Waals surface area contributed by atoms with Crippen LogP contribution in [0.4, 0.5) is 13.2 Å². The molecule has 0 aliphatic carbocycles. The summed E-state index contributed by atoms with van der Waals surface area (Å²) in [6, 6.07) is 39.2. The average Bonchev–Trinajstić information content (AvgIpc) is 3.98. The predicted octanol–water partition coefficient (Wildman–Crippen LogP) is 4.86. The van der Waals surface area contributed by atoms with Crippen molar-refractivity contribution in [3.8, 4) is 34.0 Å². The van der Waals surface area contributed by atoms with Crippen molar-refractivity contribution in [2.45, 2.75) is 19.6 Å². The third-order valence-electron chi connectivity index (χ3n) is 9.70. The van der Waals surface area contributed by atoms with Crippen LogP contribution in [0.1, 0.15) is 37.7 Å². The van der Waals surface area contributed by atoms with Crippen molar-refractivity contribution >= 4 is 23.1 Å². The minimum absolute atomic E-state index is 0.0714. The van der Waals surface area contributed by atoms with Crippen LogP contribution in [0.15, 0.2) is 155 Å². The number of carbonyl (C=O) groups excluding carboxylic acids is 2. The number of aromatic hydroxyl groups is 1. The summed E-state index contributed by atoms with van der Waals surface area (Å²) < 4.78 is 40.2. The number of fused-ring (bicyclic) bond motifs is 2. The third kappa shape index (κ3) is 10.6. The molecule has 0 atom stereocenters. The molecule has 8 N–H and O–H groups in total. The molecular weight excluding hydrogens is 844 g/mol. The number of nitrogens with one attached hydrogen (secondary N) is 4. The number of hydrogen-bond donors (Lipinski definition) is 6. The van der Waals surface area contributed by atoms with Crippen LogP contribution >= 0.6 is 0 Å². The van der Waals surface area contributed by atoms with Gasteiger partial charge in [-0.15, -0.1) is 0 Å². The number of quaternary nitrogens is 1. The number of amides is 2. The summed E-state index contributed by atoms with van der Waals surface area (Å²) in [6.07, 6.45) is 0. The fraction of sp³-hybridized carbons (Fsp3) is 0.0638. The predicted molar refractivity (Wildman–Crippen MR) is 232 cm³/mol. The Kier molecular flexibility index (Phi) is 13.6. The highest BCUT2D eigenvalue weighted by atomic mass is 19.1. The molecule has 0 radical (unpaired) electrons. The molecule has 0 spiro atoms. The molecule has 4 heterocycles. The quantitative estimate of drug-likeness (QED) is 0.117. The summed E-state index contributed by atoms with van der Waals surface area (Å²) in [5.74, 6) is -4.19. The number of hydrogen-bond acceptors (Lipinski definition) is 8. The molecule has 15 nitrogen and oxygen atoms in total. The summed E-state index contributed by atoms with van der Waals surface area (Å²) in [6.45, 7) is 0.893. The third-order valence-corrected chi connectivity index (χ3v) is 9.70. The van der Waals surface area contributed by atoms with Gasteiger partial charge in [-0.25, -0.2) is 27.7 Å². The second-order valence-corrected chi connectivity index (χ2v) is 14.2. The van der Waals surface area contributed by atoms with Gasteiger partial charge in [0, 0.05) is 30.8 Å². The largest absolute Gasteiger partial charge is 0.867 e. The Hall–Kier alpha value is -8.77. The number of benzene rings is 5. The van der Waals surface area contributed by atoms with Gasteiger partial charge in [0.15, 0.2) is 17.0 Å². The Morgan fingerprint density at radius 2 is 0.969 bits per heavy atom. The van der Waals surface area contributed by atoms with E-state index in [-0.39, 0.29) is 41.7 Å². The molecule has 0 fully saturated rings. The minimum atomic E-state index is -1.00. The van der Waals surface area contributed by atoms with Crippen molar-refractivity contribution in [2.75, 3.05) is 0 Å². The van der Waals surface area contributed by atoms with E-state index in [4.69, 9.17) is 0 Å². The highest BCUT2D eigenvalue weighted by Gasteiger charge is 2.20. The molecule has 0 saturated heterocycles. The van der Waals surface area contributed by atoms with Crippen LogP contribution in [0.25, 0.3) is 33.8 Å². The summed E-state index contributed by atoms with van der Waals surface area (Å²) in [7, 11) is 0. The maximum Gasteiger partial charge on any atom is 0.315 e. The Bertz CT molecular complexity index is 3020. The first-order chi connectivity index (χ1) is 31.4. The molecule has 5 aromatic carbocycles. The molecule has 65 heavy (non-hydrogen) atoms. The van der Waals surface area contributed by atoms with Crippen LogP contribution in [-0.2, 0) is 19.6 Å². The van der Waals surface area contributed by atoms with Gasteiger partial charge in [-0.3, -0.25) is 29.4 Å². The first-order valence-electron chi connectivity index (χ1n) is 19.8. The molecule has 18 heteroatoms. The molecule has 4 aromatic heterocycles. The van der Waals surface area contributed by atoms with Gasteiger partial charge in [-0.2, -0.15) is 4.52 Å². The number of carbonyl (C=O) groups is 2. The zero-order valence-corrected chi connectivity index (χ0v) is 34.1. The maximum atomic E-state index is 13.0. The molecule has 0 saturated carbocycles. The lowest BCUT2D eigenvalue weighted by atomic mass is 10.2. The van der Waals surface area contributed by atoms with Gasteiger partial charge in [0.2, 0.25) is 5.75 Å². The molecule has 0 bridgehead atoms. The lowest BCUT2D eigenvalue weighted by Crippen LogP contribution is -2.47. The topological polar surface area (TPSA) is 229 Å². The van der Waals surface area contributed by atoms with Crippen molar-refractivity contribution in [2.24, 2.45) is 0 Å². The molecule has 328 valence electrons. The number of H-pyrrole nitrogens is 2. The Morgan fingerprint density at radius 1 is 0.585 bits per heavy atom. The van der Waals surface area contributed by atoms with Gasteiger partial charge in [-0.05, 0) is 64.4 Å². The van der Waals surface area contributed by atoms with E-state index in [9.17, 15) is 42.6 Å². The standard InChI is InChI=1S/2C20H15FN4O3.C7H8FN/c2*21-14-8-6-12(7-9-14)11-22-19(27)17-18(26)20(28)25-16(23-17)10-15(24-25)13-4-2-1-3-5-13;8-7-3-1-6(5-9)2-4-7/h2*1-10,24,26H,11H2,(H,22,27);1-4H,5,9H2. The average molecular weight is 882 g/mol. The van der Waals surface area contributed by atoms with Crippen molar-refractivity contribution in [3.05, 3.63) is 212 Å². The zero-order chi connectivity index (χ0) is 46.0. The molecule has 9 rings (SSSR count). The number of aromatic amines is 2. The molecule has 9 aromatic rings. The molecule has 2 amide bonds. The fourth-order valence-electron chi connectivity index (χ4n) is 6.26. The van der Waals surface area contributed by atoms with Gasteiger partial charge < -0.3 is 26.6 Å². The Balaban J connectivity index is 0.000000163. The normalized spacial score (nSPS) is 10.7. The van der Waals surface area contributed by atoms with Crippen molar-refractivity contribution in [1.82, 2.24) is 39.8 Å². The smallest absolute Gasteiger partial charge is 0.315 e. The number of aromatic nitrogens is 6. The fourth-order valence-corrected chi connectivity index (χ4v) is 6.26. The number of rotatable bonds is 9. The second kappa shape index (κ2) is 20.0. The van der Waals surface area contributed by atoms with Crippen LogP contribution in [-0.4, -0.2) is 46.1 Å². The Labute approximate surface area is 366 Å². The number of nitrogens with zero attached hydrogens (tertiary/aromatic N) is 4. The Morgan fingerprint density at radius 3 is 1.40 bits per heavy atom. The highest BCUT2D eigenvalue weighted by molar-refractivity contribution is 5.95. The maximum absolute atomic E-state index is 13.0. The molecular formula is C47H38F3N9O6. The lowest BCUT2D eigenvalue weighted by Gasteiger charge is -2.12. The zero-order valence-electron chi connectivity index (χ0n) is 34.1. The van der Waals surface area contributed by atoms with E-state index >= 15 is 0 Å². The summed E-state index contributed by atoms with van der Waals surface area (Å²) in [5.41, 5.74) is 6.73. The SMILES string of the molecule is O=C(NCc1ccc(F)cc1)c1nc2cc(-c3ccccc3)[nH]n2c(=O)c1O.O=C(NCc1ccc(F)cc1)c1nc2cc(-c3ccccc3)[nH]n2c(=O)c1[O-].[NH3+]Cc1ccc(F)cc1. The van der Waals surface area contributed by atoms with Crippen LogP contribution in [0.3, 0.4) is 0 Å². The van der Waals surface area contributed by atoms with E-state index < -0.39 is 45.9 Å². The van der Waals surface area contributed by atoms with Gasteiger partial charge >= 0.3 is 5.56 Å². The van der Waals surface area contributed by atoms with Crippen molar-refractivity contribution < 1.29 is 38.7 Å². The van der Waals surface area contributed by atoms with Gasteiger partial charge in [0.25, 0.3) is 17.4 Å². The summed E-state index contributed by atoms with van der Waals surface area (Å²) >= 11 is 0. The second-order valence-electron chi connectivity index (χ2n) is 14.2. The van der Waals surface area contributed by atoms with E-state index in [0.29, 0.717) is 22.5 Å². The lowest BCUT2D eigenvalue weighted by molar-refractivity contribution is -0.386. The van der Waals surface area contributed by atoms with E-state index in [1.807, 2.05) is 60.7 Å². The van der Waals surface area contributed by atoms with Gasteiger partial charge in [0.1, 0.15) is 23.1 Å². The first-order valence-corrected chi connectivity index (χ1v) is 19.8. The first kappa shape index (κ1) is 44.3. The monoisotopic (exact) mass is 881 g/mol. The highest BCUT2D eigenvalue weighted by Crippen LogP contribution is 2.21. The van der Waals surface area contributed by atoms with Crippen molar-refractivity contribution in [3.63, 3.8) is 0 Å². The van der Waals surface area contributed by atoms with Gasteiger partial charge in [0.05, 0.1) is 17.9 Å². The van der Waals surface area contributed by atoms with Crippen LogP contribution in [0, 0.1) is 17.5 Å². The number of halogens is 3. The van der Waals surface area contributed by atoms with Gasteiger partial charge in [-0.1, -0.05) is 97.1 Å². The van der Waals surface area contributed by atoms with Crippen LogP contribution in [0.5, 0.6) is 11.5 Å². The van der Waals surface area contributed by atoms with Crippen LogP contribution in [0.2, 0.25) is 0 Å². The minimum Gasteiger partial charge on any atom is -0.867 e. The molecule has 0 aliphatic heterocycles. The van der Waals surface area contributed by atoms with E-state index in [0.717, 1.165) is 32.3 Å². The van der Waals surface area contributed by atoms with E-state index in [1.165, 1.54) is 60.7 Å². The van der Waals surface area contributed by atoms with Crippen LogP contribution < -0.4 is 32.6 Å². The van der Waals surface area contributed by atoms with Crippen molar-refractivity contribution in [1.29, 1.82) is 0 Å².